The van der Waals surface area contributed by atoms with Crippen molar-refractivity contribution in [2.75, 3.05) is 13.1 Å². The lowest BCUT2D eigenvalue weighted by Gasteiger charge is -2.20. The third-order valence-electron chi connectivity index (χ3n) is 3.48. The highest BCUT2D eigenvalue weighted by Crippen LogP contribution is 2.31. The van der Waals surface area contributed by atoms with Crippen molar-refractivity contribution in [1.29, 1.82) is 0 Å². The maximum atomic E-state index is 4.38. The standard InChI is InChI=1S/C12H15BrN4/c1-2-16-7-4-6-10(16)12-15-14-11-9(13)5-3-8-17(11)12/h3,5,8,10H,2,4,6-7H2,1H3. The van der Waals surface area contributed by atoms with Crippen molar-refractivity contribution in [3.63, 3.8) is 0 Å². The molecule has 1 saturated heterocycles. The molecule has 2 aromatic heterocycles. The van der Waals surface area contributed by atoms with Crippen molar-refractivity contribution in [1.82, 2.24) is 19.5 Å². The summed E-state index contributed by atoms with van der Waals surface area (Å²) in [6.07, 6.45) is 4.48. The van der Waals surface area contributed by atoms with Gasteiger partial charge in [0.2, 0.25) is 0 Å². The summed E-state index contributed by atoms with van der Waals surface area (Å²) >= 11 is 3.51. The number of halogens is 1. The minimum atomic E-state index is 0.421. The zero-order chi connectivity index (χ0) is 11.8. The maximum Gasteiger partial charge on any atom is 0.175 e. The average Bonchev–Trinajstić information content (AvgIpc) is 2.94. The van der Waals surface area contributed by atoms with Gasteiger partial charge in [-0.25, -0.2) is 0 Å². The minimum absolute atomic E-state index is 0.421. The molecule has 17 heavy (non-hydrogen) atoms. The summed E-state index contributed by atoms with van der Waals surface area (Å²) in [6.45, 7) is 4.45. The Morgan fingerprint density at radius 3 is 3.18 bits per heavy atom. The second-order valence-corrected chi connectivity index (χ2v) is 5.25. The topological polar surface area (TPSA) is 33.4 Å². The third kappa shape index (κ3) is 1.77. The summed E-state index contributed by atoms with van der Waals surface area (Å²) in [5.74, 6) is 1.07. The molecule has 1 unspecified atom stereocenters. The Morgan fingerprint density at radius 1 is 1.47 bits per heavy atom. The van der Waals surface area contributed by atoms with Crippen molar-refractivity contribution in [3.05, 3.63) is 28.6 Å². The molecule has 2 aromatic rings. The fourth-order valence-corrected chi connectivity index (χ4v) is 3.05. The molecule has 0 radical (unpaired) electrons. The molecule has 0 saturated carbocycles. The van der Waals surface area contributed by atoms with Gasteiger partial charge in [0.25, 0.3) is 0 Å². The fourth-order valence-electron chi connectivity index (χ4n) is 2.63. The Kier molecular flexibility index (Phi) is 2.88. The molecule has 1 atom stereocenters. The van der Waals surface area contributed by atoms with Crippen LogP contribution in [0.15, 0.2) is 22.8 Å². The number of rotatable bonds is 2. The van der Waals surface area contributed by atoms with Gasteiger partial charge in [-0.3, -0.25) is 9.30 Å². The van der Waals surface area contributed by atoms with Gasteiger partial charge in [0, 0.05) is 6.20 Å². The fraction of sp³-hybridized carbons (Fsp3) is 0.500. The SMILES string of the molecule is CCN1CCCC1c1nnc2c(Br)cccn12. The first-order chi connectivity index (χ1) is 8.31. The molecule has 4 nitrogen and oxygen atoms in total. The lowest BCUT2D eigenvalue weighted by Crippen LogP contribution is -2.24. The van der Waals surface area contributed by atoms with Crippen LogP contribution in [0.4, 0.5) is 0 Å². The quantitative estimate of drug-likeness (QED) is 0.854. The van der Waals surface area contributed by atoms with E-state index in [9.17, 15) is 0 Å². The van der Waals surface area contributed by atoms with E-state index in [1.165, 1.54) is 19.4 Å². The largest absolute Gasteiger partial charge is 0.294 e. The number of likely N-dealkylation sites (tertiary alicyclic amines) is 1. The minimum Gasteiger partial charge on any atom is -0.294 e. The first-order valence-electron chi connectivity index (χ1n) is 6.04. The van der Waals surface area contributed by atoms with Crippen molar-refractivity contribution in [2.45, 2.75) is 25.8 Å². The highest BCUT2D eigenvalue weighted by atomic mass is 79.9. The first-order valence-corrected chi connectivity index (χ1v) is 6.83. The molecule has 0 spiro atoms. The van der Waals surface area contributed by atoms with Crippen LogP contribution in [0.2, 0.25) is 0 Å². The number of nitrogens with zero attached hydrogens (tertiary/aromatic N) is 4. The van der Waals surface area contributed by atoms with Gasteiger partial charge in [-0.05, 0) is 54.0 Å². The van der Waals surface area contributed by atoms with Crippen molar-refractivity contribution in [2.24, 2.45) is 0 Å². The van der Waals surface area contributed by atoms with E-state index in [1.54, 1.807) is 0 Å². The summed E-state index contributed by atoms with van der Waals surface area (Å²) in [5, 5.41) is 8.65. The number of hydrogen-bond donors (Lipinski definition) is 0. The predicted molar refractivity (Wildman–Crippen MR) is 69.9 cm³/mol. The Balaban J connectivity index is 2.09. The van der Waals surface area contributed by atoms with Gasteiger partial charge >= 0.3 is 0 Å². The van der Waals surface area contributed by atoms with Gasteiger partial charge in [-0.15, -0.1) is 10.2 Å². The van der Waals surface area contributed by atoms with Gasteiger partial charge in [0.1, 0.15) is 0 Å². The van der Waals surface area contributed by atoms with Crippen LogP contribution in [0, 0.1) is 0 Å². The summed E-state index contributed by atoms with van der Waals surface area (Å²) in [5.41, 5.74) is 0.908. The predicted octanol–water partition coefficient (Wildman–Crippen LogP) is 2.65. The molecule has 1 fully saturated rings. The van der Waals surface area contributed by atoms with Crippen LogP contribution in [0.5, 0.6) is 0 Å². The first kappa shape index (κ1) is 11.2. The van der Waals surface area contributed by atoms with E-state index in [4.69, 9.17) is 0 Å². The second kappa shape index (κ2) is 4.38. The van der Waals surface area contributed by atoms with Crippen LogP contribution in [-0.2, 0) is 0 Å². The summed E-state index contributed by atoms with van der Waals surface area (Å²) < 4.78 is 3.10. The van der Waals surface area contributed by atoms with E-state index >= 15 is 0 Å². The lowest BCUT2D eigenvalue weighted by molar-refractivity contribution is 0.261. The molecule has 0 aromatic carbocycles. The van der Waals surface area contributed by atoms with Gasteiger partial charge in [-0.2, -0.15) is 0 Å². The Morgan fingerprint density at radius 2 is 2.35 bits per heavy atom. The molecular weight excluding hydrogens is 280 g/mol. The smallest absolute Gasteiger partial charge is 0.175 e. The van der Waals surface area contributed by atoms with Gasteiger partial charge in [0.15, 0.2) is 11.5 Å². The van der Waals surface area contributed by atoms with Crippen LogP contribution in [0.3, 0.4) is 0 Å². The Bertz CT molecular complexity index is 536. The van der Waals surface area contributed by atoms with Crippen molar-refractivity contribution >= 4 is 21.6 Å². The van der Waals surface area contributed by atoms with E-state index in [-0.39, 0.29) is 0 Å². The number of fused-ring (bicyclic) bond motifs is 1. The van der Waals surface area contributed by atoms with E-state index in [0.29, 0.717) is 6.04 Å². The molecule has 0 N–H and O–H groups in total. The van der Waals surface area contributed by atoms with Crippen LogP contribution in [0.25, 0.3) is 5.65 Å². The monoisotopic (exact) mass is 294 g/mol. The Hall–Kier alpha value is -0.940. The molecule has 5 heteroatoms. The molecule has 3 heterocycles. The van der Waals surface area contributed by atoms with E-state index in [1.807, 2.05) is 18.3 Å². The van der Waals surface area contributed by atoms with Crippen LogP contribution < -0.4 is 0 Å². The summed E-state index contributed by atoms with van der Waals surface area (Å²) in [7, 11) is 0. The molecule has 3 rings (SSSR count). The highest BCUT2D eigenvalue weighted by Gasteiger charge is 2.28. The third-order valence-corrected chi connectivity index (χ3v) is 4.10. The highest BCUT2D eigenvalue weighted by molar-refractivity contribution is 9.10. The molecular formula is C12H15BrN4. The molecule has 0 amide bonds. The molecule has 1 aliphatic heterocycles. The number of pyridine rings is 1. The molecule has 90 valence electrons. The lowest BCUT2D eigenvalue weighted by atomic mass is 10.2. The van der Waals surface area contributed by atoms with Crippen molar-refractivity contribution in [3.8, 4) is 0 Å². The average molecular weight is 295 g/mol. The number of hydrogen-bond acceptors (Lipinski definition) is 3. The van der Waals surface area contributed by atoms with Crippen molar-refractivity contribution < 1.29 is 0 Å². The maximum absolute atomic E-state index is 4.38. The summed E-state index contributed by atoms with van der Waals surface area (Å²) in [6, 6.07) is 4.44. The number of aromatic nitrogens is 3. The van der Waals surface area contributed by atoms with Gasteiger partial charge in [-0.1, -0.05) is 6.92 Å². The van der Waals surface area contributed by atoms with E-state index in [2.05, 4.69) is 42.4 Å². The van der Waals surface area contributed by atoms with Gasteiger partial charge < -0.3 is 0 Å². The van der Waals surface area contributed by atoms with E-state index < -0.39 is 0 Å². The van der Waals surface area contributed by atoms with Crippen LogP contribution >= 0.6 is 15.9 Å². The van der Waals surface area contributed by atoms with Gasteiger partial charge in [0.05, 0.1) is 10.5 Å². The molecule has 0 aliphatic carbocycles. The normalized spacial score (nSPS) is 21.4. The summed E-state index contributed by atoms with van der Waals surface area (Å²) in [4.78, 5) is 2.47. The zero-order valence-electron chi connectivity index (χ0n) is 9.80. The van der Waals surface area contributed by atoms with Crippen LogP contribution in [-0.4, -0.2) is 32.6 Å². The molecule has 0 bridgehead atoms. The Labute approximate surface area is 109 Å². The van der Waals surface area contributed by atoms with Crippen LogP contribution in [0.1, 0.15) is 31.6 Å². The molecule has 1 aliphatic rings. The van der Waals surface area contributed by atoms with E-state index in [0.717, 1.165) is 22.5 Å². The zero-order valence-corrected chi connectivity index (χ0v) is 11.4. The second-order valence-electron chi connectivity index (χ2n) is 4.39.